The van der Waals surface area contributed by atoms with Gasteiger partial charge in [0.05, 0.1) is 18.2 Å². The van der Waals surface area contributed by atoms with Gasteiger partial charge in [0, 0.05) is 17.8 Å². The van der Waals surface area contributed by atoms with Crippen LogP contribution in [0.5, 0.6) is 0 Å². The molecule has 1 aromatic carbocycles. The van der Waals surface area contributed by atoms with Gasteiger partial charge < -0.3 is 9.36 Å². The van der Waals surface area contributed by atoms with Crippen molar-refractivity contribution in [2.45, 2.75) is 6.54 Å². The molecule has 0 N–H and O–H groups in total. The lowest BCUT2D eigenvalue weighted by Crippen LogP contribution is -2.18. The lowest BCUT2D eigenvalue weighted by atomic mass is 9.92. The van der Waals surface area contributed by atoms with Gasteiger partial charge in [-0.2, -0.15) is 5.26 Å². The molecule has 5 heteroatoms. The quantitative estimate of drug-likeness (QED) is 0.763. The number of nitriles is 1. The molecule has 0 spiro atoms. The molecular weight excluding hydrogens is 239 g/mol. The highest BCUT2D eigenvalue weighted by atomic mass is 16.1. The number of carbonyl (C=O) groups is 1. The van der Waals surface area contributed by atoms with E-state index >= 15 is 0 Å². The monoisotopic (exact) mass is 248 g/mol. The first-order valence-electron chi connectivity index (χ1n) is 5.60. The van der Waals surface area contributed by atoms with E-state index < -0.39 is 5.68 Å². The molecule has 90 valence electrons. The van der Waals surface area contributed by atoms with Crippen LogP contribution in [0.4, 0.5) is 0 Å². The van der Waals surface area contributed by atoms with Gasteiger partial charge in [0.25, 0.3) is 5.56 Å². The Hall–Kier alpha value is -2.61. The fourth-order valence-electron chi connectivity index (χ4n) is 1.75. The Balaban J connectivity index is 2.42. The lowest BCUT2D eigenvalue weighted by molar-refractivity contribution is 0.108. The average molecular weight is 248 g/mol. The Bertz CT molecular complexity index is 729. The van der Waals surface area contributed by atoms with Crippen molar-refractivity contribution in [2.75, 3.05) is 0 Å². The molecule has 0 aliphatic rings. The van der Waals surface area contributed by atoms with Crippen molar-refractivity contribution in [3.8, 4) is 6.07 Å². The van der Waals surface area contributed by atoms with Crippen molar-refractivity contribution < 1.29 is 4.79 Å². The summed E-state index contributed by atoms with van der Waals surface area (Å²) in [5, 5.41) is 9.08. The Morgan fingerprint density at radius 1 is 1.32 bits per heavy atom. The van der Waals surface area contributed by atoms with Crippen LogP contribution in [0, 0.1) is 11.3 Å². The summed E-state index contributed by atoms with van der Waals surface area (Å²) in [5.74, 6) is 0. The second-order valence-corrected chi connectivity index (χ2v) is 4.01. The largest absolute Gasteiger partial charge is 0.311 e. The van der Waals surface area contributed by atoms with Crippen LogP contribution in [0.25, 0.3) is 0 Å². The lowest BCUT2D eigenvalue weighted by Gasteiger charge is -2.08. The molecule has 0 aliphatic carbocycles. The second kappa shape index (κ2) is 5.36. The average Bonchev–Trinajstić information content (AvgIpc) is 2.41. The Kier molecular flexibility index (Phi) is 3.62. The zero-order valence-electron chi connectivity index (χ0n) is 10.0. The van der Waals surface area contributed by atoms with Crippen LogP contribution in [0.2, 0.25) is 0 Å². The third-order valence-corrected chi connectivity index (χ3v) is 2.75. The number of hydrogen-bond donors (Lipinski definition) is 0. The number of rotatable bonds is 3. The maximum atomic E-state index is 11.6. The summed E-state index contributed by atoms with van der Waals surface area (Å²) in [6.07, 6.45) is 1.64. The standard InChI is InChI=1S/C14H9BN2O2/c15-14(19)10-4-5-11(12(7-10)8-16)9-17-6-2-1-3-13(17)18/h1-7H,9H2. The minimum absolute atomic E-state index is 0.148. The molecule has 0 atom stereocenters. The van der Waals surface area contributed by atoms with Crippen molar-refractivity contribution in [1.29, 1.82) is 5.26 Å². The molecule has 1 aromatic heterocycles. The summed E-state index contributed by atoms with van der Waals surface area (Å²) in [7, 11) is 5.16. The summed E-state index contributed by atoms with van der Waals surface area (Å²) in [6, 6.07) is 11.5. The van der Waals surface area contributed by atoms with Crippen molar-refractivity contribution in [1.82, 2.24) is 4.57 Å². The number of carbonyl (C=O) groups excluding carboxylic acids is 1. The molecule has 0 amide bonds. The van der Waals surface area contributed by atoms with Gasteiger partial charge in [0.1, 0.15) is 5.68 Å². The van der Waals surface area contributed by atoms with Gasteiger partial charge in [0.2, 0.25) is 0 Å². The number of benzene rings is 1. The molecule has 0 saturated carbocycles. The molecule has 0 bridgehead atoms. The molecule has 19 heavy (non-hydrogen) atoms. The van der Waals surface area contributed by atoms with Gasteiger partial charge in [-0.3, -0.25) is 4.79 Å². The van der Waals surface area contributed by atoms with E-state index in [1.165, 1.54) is 16.7 Å². The second-order valence-electron chi connectivity index (χ2n) is 4.01. The van der Waals surface area contributed by atoms with Gasteiger partial charge in [0.15, 0.2) is 7.85 Å². The molecule has 0 unspecified atom stereocenters. The molecule has 0 saturated heterocycles. The van der Waals surface area contributed by atoms with Crippen molar-refractivity contribution in [2.24, 2.45) is 0 Å². The van der Waals surface area contributed by atoms with E-state index in [2.05, 4.69) is 0 Å². The molecule has 1 heterocycles. The van der Waals surface area contributed by atoms with E-state index in [0.29, 0.717) is 11.1 Å². The maximum absolute atomic E-state index is 11.6. The predicted octanol–water partition coefficient (Wildman–Crippen LogP) is 1.08. The molecular formula is C14H9BN2O2. The molecule has 2 aromatic rings. The third kappa shape index (κ3) is 2.80. The fourth-order valence-corrected chi connectivity index (χ4v) is 1.75. The van der Waals surface area contributed by atoms with Crippen LogP contribution >= 0.6 is 0 Å². The molecule has 0 aliphatic heterocycles. The fraction of sp³-hybridized carbons (Fsp3) is 0.0714. The zero-order chi connectivity index (χ0) is 13.8. The SMILES string of the molecule is [B]C(=O)c1ccc(Cn2ccccc2=O)c(C#N)c1. The summed E-state index contributed by atoms with van der Waals surface area (Å²) >= 11 is 0. The van der Waals surface area contributed by atoms with E-state index in [4.69, 9.17) is 13.1 Å². The first-order chi connectivity index (χ1) is 9.11. The normalized spacial score (nSPS) is 9.84. The minimum atomic E-state index is -0.583. The smallest absolute Gasteiger partial charge is 0.250 e. The summed E-state index contributed by atoms with van der Waals surface area (Å²) < 4.78 is 1.49. The highest BCUT2D eigenvalue weighted by Crippen LogP contribution is 2.12. The molecule has 2 radical (unpaired) electrons. The van der Waals surface area contributed by atoms with E-state index in [9.17, 15) is 9.59 Å². The molecule has 0 fully saturated rings. The molecule has 4 nitrogen and oxygen atoms in total. The van der Waals surface area contributed by atoms with Gasteiger partial charge in [-0.25, -0.2) is 0 Å². The summed E-state index contributed by atoms with van der Waals surface area (Å²) in [5.41, 5.74) is 0.554. The zero-order valence-corrected chi connectivity index (χ0v) is 10.0. The van der Waals surface area contributed by atoms with Crippen molar-refractivity contribution in [3.63, 3.8) is 0 Å². The van der Waals surface area contributed by atoms with E-state index in [1.807, 2.05) is 6.07 Å². The predicted molar refractivity (Wildman–Crippen MR) is 71.0 cm³/mol. The highest BCUT2D eigenvalue weighted by molar-refractivity contribution is 6.62. The van der Waals surface area contributed by atoms with Crippen LogP contribution in [0.1, 0.15) is 21.5 Å². The van der Waals surface area contributed by atoms with Crippen LogP contribution in [-0.2, 0) is 6.54 Å². The number of nitrogens with zero attached hydrogens (tertiary/aromatic N) is 2. The van der Waals surface area contributed by atoms with Crippen molar-refractivity contribution >= 4 is 13.5 Å². The van der Waals surface area contributed by atoms with Gasteiger partial charge >= 0.3 is 0 Å². The maximum Gasteiger partial charge on any atom is 0.250 e. The van der Waals surface area contributed by atoms with Gasteiger partial charge in [-0.1, -0.05) is 18.2 Å². The van der Waals surface area contributed by atoms with Crippen LogP contribution in [0.15, 0.2) is 47.4 Å². The Morgan fingerprint density at radius 2 is 2.11 bits per heavy atom. The summed E-state index contributed by atoms with van der Waals surface area (Å²) in [4.78, 5) is 22.7. The van der Waals surface area contributed by atoms with Crippen LogP contribution in [0.3, 0.4) is 0 Å². The first kappa shape index (κ1) is 12.8. The first-order valence-corrected chi connectivity index (χ1v) is 5.60. The number of hydrogen-bond acceptors (Lipinski definition) is 3. The van der Waals surface area contributed by atoms with E-state index in [-0.39, 0.29) is 17.7 Å². The van der Waals surface area contributed by atoms with Crippen LogP contribution < -0.4 is 5.56 Å². The van der Waals surface area contributed by atoms with E-state index in [0.717, 1.165) is 0 Å². The number of aromatic nitrogens is 1. The number of pyridine rings is 1. The minimum Gasteiger partial charge on any atom is -0.311 e. The van der Waals surface area contributed by atoms with E-state index in [1.54, 1.807) is 30.5 Å². The summed E-state index contributed by atoms with van der Waals surface area (Å²) in [6.45, 7) is 0.279. The topological polar surface area (TPSA) is 62.9 Å². The van der Waals surface area contributed by atoms with Crippen molar-refractivity contribution in [3.05, 3.63) is 69.6 Å². The molecule has 2 rings (SSSR count). The Labute approximate surface area is 111 Å². The van der Waals surface area contributed by atoms with Crippen LogP contribution in [-0.4, -0.2) is 18.1 Å². The Morgan fingerprint density at radius 3 is 2.74 bits per heavy atom. The van der Waals surface area contributed by atoms with Gasteiger partial charge in [-0.15, -0.1) is 0 Å². The van der Waals surface area contributed by atoms with Gasteiger partial charge in [-0.05, 0) is 17.7 Å². The highest BCUT2D eigenvalue weighted by Gasteiger charge is 2.07. The third-order valence-electron chi connectivity index (χ3n) is 2.75.